The first-order valence-electron chi connectivity index (χ1n) is 7.62. The van der Waals surface area contributed by atoms with E-state index in [0.29, 0.717) is 40.5 Å². The molecule has 124 valence electrons. The zero-order chi connectivity index (χ0) is 17.1. The van der Waals surface area contributed by atoms with E-state index in [9.17, 15) is 4.79 Å². The van der Waals surface area contributed by atoms with Crippen LogP contribution in [0.1, 0.15) is 28.6 Å². The number of nitrogens with two attached hydrogens (primary N) is 1. The van der Waals surface area contributed by atoms with E-state index in [1.807, 2.05) is 6.07 Å². The van der Waals surface area contributed by atoms with E-state index in [-0.39, 0.29) is 6.61 Å². The van der Waals surface area contributed by atoms with Gasteiger partial charge in [0.1, 0.15) is 35.1 Å². The third kappa shape index (κ3) is 3.03. The van der Waals surface area contributed by atoms with Gasteiger partial charge in [0.15, 0.2) is 0 Å². The molecule has 6 heteroatoms. The van der Waals surface area contributed by atoms with Crippen LogP contribution in [-0.2, 0) is 11.3 Å². The molecule has 0 amide bonds. The van der Waals surface area contributed by atoms with Crippen molar-refractivity contribution in [2.75, 3.05) is 12.3 Å². The molecule has 2 heterocycles. The largest absolute Gasteiger partial charge is 0.489 e. The van der Waals surface area contributed by atoms with Gasteiger partial charge in [0.25, 0.3) is 0 Å². The lowest BCUT2D eigenvalue weighted by molar-refractivity contribution is 0.0526. The number of benzene rings is 1. The molecule has 0 saturated heterocycles. The number of hydrogen-bond donors (Lipinski definition) is 1. The zero-order valence-electron chi connectivity index (χ0n) is 13.5. The van der Waals surface area contributed by atoms with Crippen LogP contribution in [0.15, 0.2) is 40.9 Å². The van der Waals surface area contributed by atoms with Crippen LogP contribution in [0.2, 0.25) is 0 Å². The number of anilines is 1. The van der Waals surface area contributed by atoms with E-state index >= 15 is 0 Å². The molecular weight excluding hydrogens is 308 g/mol. The lowest BCUT2D eigenvalue weighted by Crippen LogP contribution is -2.05. The molecule has 2 N–H and O–H groups in total. The first-order valence-corrected chi connectivity index (χ1v) is 7.62. The molecule has 3 aromatic rings. The quantitative estimate of drug-likeness (QED) is 0.722. The molecule has 0 aliphatic heterocycles. The van der Waals surface area contributed by atoms with Crippen LogP contribution in [0.3, 0.4) is 0 Å². The van der Waals surface area contributed by atoms with Crippen molar-refractivity contribution in [2.24, 2.45) is 0 Å². The number of nitrogen functional groups attached to an aromatic ring is 1. The topological polar surface area (TPSA) is 87.6 Å². The smallest absolute Gasteiger partial charge is 0.342 e. The summed E-state index contributed by atoms with van der Waals surface area (Å²) in [5.74, 6) is 1.17. The fourth-order valence-electron chi connectivity index (χ4n) is 2.48. The van der Waals surface area contributed by atoms with Crippen molar-refractivity contribution in [3.05, 3.63) is 53.4 Å². The highest BCUT2D eigenvalue weighted by atomic mass is 16.5. The van der Waals surface area contributed by atoms with Crippen molar-refractivity contribution >= 4 is 22.8 Å². The molecule has 3 rings (SSSR count). The Morgan fingerprint density at radius 1 is 1.33 bits per heavy atom. The van der Waals surface area contributed by atoms with E-state index in [1.165, 1.54) is 0 Å². The van der Waals surface area contributed by atoms with E-state index < -0.39 is 5.97 Å². The normalized spacial score (nSPS) is 10.8. The maximum absolute atomic E-state index is 12.1. The van der Waals surface area contributed by atoms with Crippen LogP contribution < -0.4 is 10.5 Å². The second-order valence-corrected chi connectivity index (χ2v) is 5.25. The second-order valence-electron chi connectivity index (χ2n) is 5.25. The Balaban J connectivity index is 1.89. The number of nitrogens with zero attached hydrogens (tertiary/aromatic N) is 1. The predicted molar refractivity (Wildman–Crippen MR) is 89.9 cm³/mol. The minimum absolute atomic E-state index is 0.288. The average molecular weight is 326 g/mol. The third-order valence-electron chi connectivity index (χ3n) is 3.64. The number of fused-ring (bicyclic) bond motifs is 1. The van der Waals surface area contributed by atoms with Crippen molar-refractivity contribution in [2.45, 2.75) is 20.5 Å². The minimum Gasteiger partial charge on any atom is -0.489 e. The van der Waals surface area contributed by atoms with Gasteiger partial charge in [-0.05, 0) is 38.1 Å². The Morgan fingerprint density at radius 2 is 2.17 bits per heavy atom. The van der Waals surface area contributed by atoms with E-state index in [4.69, 9.17) is 19.6 Å². The Morgan fingerprint density at radius 3 is 2.92 bits per heavy atom. The van der Waals surface area contributed by atoms with Gasteiger partial charge in [-0.15, -0.1) is 0 Å². The summed E-state index contributed by atoms with van der Waals surface area (Å²) in [5, 5.41) is 0.669. The van der Waals surface area contributed by atoms with Gasteiger partial charge in [-0.3, -0.25) is 0 Å². The van der Waals surface area contributed by atoms with Gasteiger partial charge in [-0.25, -0.2) is 9.78 Å². The van der Waals surface area contributed by atoms with E-state index in [1.54, 1.807) is 44.3 Å². The maximum Gasteiger partial charge on any atom is 0.342 e. The molecule has 0 bridgehead atoms. The second kappa shape index (κ2) is 6.62. The molecule has 0 radical (unpaired) electrons. The Labute approximate surface area is 139 Å². The van der Waals surface area contributed by atoms with Gasteiger partial charge in [-0.1, -0.05) is 6.07 Å². The molecule has 1 aromatic carbocycles. The first kappa shape index (κ1) is 15.9. The van der Waals surface area contributed by atoms with Crippen molar-refractivity contribution in [1.82, 2.24) is 4.98 Å². The summed E-state index contributed by atoms with van der Waals surface area (Å²) < 4.78 is 16.5. The van der Waals surface area contributed by atoms with Gasteiger partial charge in [0, 0.05) is 17.1 Å². The fraction of sp³-hybridized carbons (Fsp3) is 0.222. The molecular formula is C18H18N2O4. The van der Waals surface area contributed by atoms with Gasteiger partial charge in [-0.2, -0.15) is 0 Å². The van der Waals surface area contributed by atoms with Crippen LogP contribution >= 0.6 is 0 Å². The summed E-state index contributed by atoms with van der Waals surface area (Å²) in [6, 6.07) is 8.98. The number of carbonyl (C=O) groups is 1. The number of ether oxygens (including phenoxy) is 2. The Hall–Kier alpha value is -3.02. The number of hydrogen-bond acceptors (Lipinski definition) is 6. The highest BCUT2D eigenvalue weighted by molar-refractivity contribution is 6.04. The number of aryl methyl sites for hydroxylation is 1. The van der Waals surface area contributed by atoms with Gasteiger partial charge >= 0.3 is 5.97 Å². The number of pyridine rings is 1. The SMILES string of the molecule is CCOC(=O)c1c(C)oc2ccc(OCc3cccnc3N)cc12. The average Bonchev–Trinajstić information content (AvgIpc) is 2.89. The van der Waals surface area contributed by atoms with Crippen LogP contribution in [-0.4, -0.2) is 17.6 Å². The predicted octanol–water partition coefficient (Wildman–Crippen LogP) is 3.47. The summed E-state index contributed by atoms with van der Waals surface area (Å²) in [6.07, 6.45) is 1.63. The molecule has 24 heavy (non-hydrogen) atoms. The van der Waals surface area contributed by atoms with Gasteiger partial charge < -0.3 is 19.6 Å². The van der Waals surface area contributed by atoms with Crippen molar-refractivity contribution < 1.29 is 18.7 Å². The molecule has 0 saturated carbocycles. The van der Waals surface area contributed by atoms with Crippen LogP contribution in [0, 0.1) is 6.92 Å². The number of aromatic nitrogens is 1. The first-order chi connectivity index (χ1) is 11.6. The molecule has 0 spiro atoms. The molecule has 0 unspecified atom stereocenters. The summed E-state index contributed by atoms with van der Waals surface area (Å²) in [4.78, 5) is 16.2. The Bertz CT molecular complexity index is 886. The summed E-state index contributed by atoms with van der Waals surface area (Å²) in [7, 11) is 0. The fourth-order valence-corrected chi connectivity index (χ4v) is 2.48. The van der Waals surface area contributed by atoms with Gasteiger partial charge in [0.05, 0.1) is 6.61 Å². The number of carbonyl (C=O) groups excluding carboxylic acids is 1. The molecule has 0 fully saturated rings. The highest BCUT2D eigenvalue weighted by Gasteiger charge is 2.19. The van der Waals surface area contributed by atoms with Crippen LogP contribution in [0.5, 0.6) is 5.75 Å². The third-order valence-corrected chi connectivity index (χ3v) is 3.64. The molecule has 0 atom stereocenters. The highest BCUT2D eigenvalue weighted by Crippen LogP contribution is 2.30. The number of furan rings is 1. The Kier molecular flexibility index (Phi) is 4.37. The van der Waals surface area contributed by atoms with Crippen molar-refractivity contribution in [3.8, 4) is 5.75 Å². The lowest BCUT2D eigenvalue weighted by Gasteiger charge is -2.08. The van der Waals surface area contributed by atoms with E-state index in [2.05, 4.69) is 4.98 Å². The number of rotatable bonds is 5. The lowest BCUT2D eigenvalue weighted by atomic mass is 10.1. The standard InChI is InChI=1S/C18H18N2O4/c1-3-22-18(21)16-11(2)24-15-7-6-13(9-14(15)16)23-10-12-5-4-8-20-17(12)19/h4-9H,3,10H2,1-2H3,(H2,19,20). The van der Waals surface area contributed by atoms with E-state index in [0.717, 1.165) is 5.56 Å². The number of esters is 1. The molecule has 0 aliphatic rings. The minimum atomic E-state index is -0.401. The molecule has 0 aliphatic carbocycles. The summed E-state index contributed by atoms with van der Waals surface area (Å²) in [5.41, 5.74) is 7.65. The van der Waals surface area contributed by atoms with Crippen molar-refractivity contribution in [3.63, 3.8) is 0 Å². The molecule has 6 nitrogen and oxygen atoms in total. The maximum atomic E-state index is 12.1. The van der Waals surface area contributed by atoms with Crippen LogP contribution in [0.25, 0.3) is 11.0 Å². The van der Waals surface area contributed by atoms with Crippen LogP contribution in [0.4, 0.5) is 5.82 Å². The zero-order valence-corrected chi connectivity index (χ0v) is 13.5. The summed E-state index contributed by atoms with van der Waals surface area (Å²) >= 11 is 0. The van der Waals surface area contributed by atoms with Crippen molar-refractivity contribution in [1.29, 1.82) is 0 Å². The summed E-state index contributed by atoms with van der Waals surface area (Å²) in [6.45, 7) is 4.10. The monoisotopic (exact) mass is 326 g/mol. The van der Waals surface area contributed by atoms with Gasteiger partial charge in [0.2, 0.25) is 0 Å². The molecule has 2 aromatic heterocycles.